The van der Waals surface area contributed by atoms with Crippen LogP contribution < -0.4 is 4.90 Å². The number of hydrogen-bond donors (Lipinski definition) is 0. The van der Waals surface area contributed by atoms with E-state index in [0.29, 0.717) is 0 Å². The van der Waals surface area contributed by atoms with E-state index in [1.807, 2.05) is 6.92 Å². The van der Waals surface area contributed by atoms with Gasteiger partial charge in [-0.05, 0) is 50.5 Å². The number of rotatable bonds is 4. The van der Waals surface area contributed by atoms with Gasteiger partial charge in [0.15, 0.2) is 0 Å². The van der Waals surface area contributed by atoms with Crippen LogP contribution in [-0.4, -0.2) is 6.54 Å². The summed E-state index contributed by atoms with van der Waals surface area (Å²) in [6.07, 6.45) is 1.10. The van der Waals surface area contributed by atoms with Crippen LogP contribution in [0.5, 0.6) is 0 Å². The van der Waals surface area contributed by atoms with Gasteiger partial charge in [0.2, 0.25) is 0 Å². The summed E-state index contributed by atoms with van der Waals surface area (Å²) in [6.45, 7) is 13.5. The van der Waals surface area contributed by atoms with Crippen LogP contribution in [-0.2, 0) is 6.42 Å². The number of nitrogens with zero attached hydrogens (tertiary/aromatic N) is 1. The van der Waals surface area contributed by atoms with Crippen molar-refractivity contribution in [3.05, 3.63) is 41.6 Å². The highest BCUT2D eigenvalue weighted by atomic mass is 15.1. The standard InChI is InChI=1S/C14H21N/c1-6-13-8-9-14(10-12(13)5)15(7-2)11(3)4/h8-10H,3,6-7H2,1-2,4-5H3. The Bertz CT molecular complexity index is 352. The molecule has 0 saturated carbocycles. The molecule has 0 heterocycles. The molecule has 0 unspecified atom stereocenters. The van der Waals surface area contributed by atoms with Crippen molar-refractivity contribution >= 4 is 5.69 Å². The van der Waals surface area contributed by atoms with Crippen molar-refractivity contribution in [2.24, 2.45) is 0 Å². The second-order valence-electron chi connectivity index (χ2n) is 3.94. The summed E-state index contributed by atoms with van der Waals surface area (Å²) in [5.41, 5.74) is 5.15. The SMILES string of the molecule is C=C(C)N(CC)c1ccc(CC)c(C)c1. The third-order valence-corrected chi connectivity index (χ3v) is 2.80. The highest BCUT2D eigenvalue weighted by Crippen LogP contribution is 2.21. The number of benzene rings is 1. The van der Waals surface area contributed by atoms with Gasteiger partial charge < -0.3 is 4.90 Å². The van der Waals surface area contributed by atoms with Crippen LogP contribution in [0.4, 0.5) is 5.69 Å². The zero-order valence-corrected chi connectivity index (χ0v) is 10.3. The summed E-state index contributed by atoms with van der Waals surface area (Å²) < 4.78 is 0. The average molecular weight is 203 g/mol. The Kier molecular flexibility index (Phi) is 3.96. The first-order valence-corrected chi connectivity index (χ1v) is 5.62. The molecule has 0 spiro atoms. The third kappa shape index (κ3) is 2.62. The Morgan fingerprint density at radius 3 is 2.40 bits per heavy atom. The average Bonchev–Trinajstić information content (AvgIpc) is 2.18. The van der Waals surface area contributed by atoms with Gasteiger partial charge in [0, 0.05) is 17.9 Å². The molecule has 1 heteroatoms. The highest BCUT2D eigenvalue weighted by Gasteiger charge is 2.05. The summed E-state index contributed by atoms with van der Waals surface area (Å²) in [5, 5.41) is 0. The normalized spacial score (nSPS) is 10.1. The molecule has 0 fully saturated rings. The van der Waals surface area contributed by atoms with Crippen molar-refractivity contribution in [1.29, 1.82) is 0 Å². The zero-order chi connectivity index (χ0) is 11.4. The van der Waals surface area contributed by atoms with Crippen molar-refractivity contribution < 1.29 is 0 Å². The van der Waals surface area contributed by atoms with E-state index in [0.717, 1.165) is 18.7 Å². The van der Waals surface area contributed by atoms with Gasteiger partial charge in [0.1, 0.15) is 0 Å². The molecule has 0 aliphatic heterocycles. The largest absolute Gasteiger partial charge is 0.346 e. The molecule has 0 radical (unpaired) electrons. The van der Waals surface area contributed by atoms with Crippen LogP contribution >= 0.6 is 0 Å². The van der Waals surface area contributed by atoms with Crippen LogP contribution in [0, 0.1) is 6.92 Å². The van der Waals surface area contributed by atoms with Crippen molar-refractivity contribution in [2.75, 3.05) is 11.4 Å². The highest BCUT2D eigenvalue weighted by molar-refractivity contribution is 5.54. The minimum atomic E-state index is 0.972. The van der Waals surface area contributed by atoms with Crippen LogP contribution in [0.15, 0.2) is 30.5 Å². The smallest absolute Gasteiger partial charge is 0.0410 e. The van der Waals surface area contributed by atoms with E-state index in [9.17, 15) is 0 Å². The molecule has 1 rings (SSSR count). The van der Waals surface area contributed by atoms with Crippen LogP contribution in [0.1, 0.15) is 31.9 Å². The van der Waals surface area contributed by atoms with Crippen molar-refractivity contribution in [3.63, 3.8) is 0 Å². The van der Waals surface area contributed by atoms with Gasteiger partial charge in [-0.15, -0.1) is 0 Å². The second-order valence-corrected chi connectivity index (χ2v) is 3.94. The summed E-state index contributed by atoms with van der Waals surface area (Å²) in [6, 6.07) is 6.65. The summed E-state index contributed by atoms with van der Waals surface area (Å²) >= 11 is 0. The molecule has 0 aliphatic carbocycles. The van der Waals surface area contributed by atoms with Crippen LogP contribution in [0.2, 0.25) is 0 Å². The Hall–Kier alpha value is -1.24. The van der Waals surface area contributed by atoms with E-state index in [4.69, 9.17) is 0 Å². The lowest BCUT2D eigenvalue weighted by atomic mass is 10.1. The Labute approximate surface area is 93.4 Å². The fourth-order valence-corrected chi connectivity index (χ4v) is 1.92. The number of hydrogen-bond acceptors (Lipinski definition) is 1. The molecule has 0 N–H and O–H groups in total. The number of anilines is 1. The molecule has 1 aromatic carbocycles. The molecule has 0 aliphatic rings. The maximum absolute atomic E-state index is 4.00. The van der Waals surface area contributed by atoms with Gasteiger partial charge in [-0.3, -0.25) is 0 Å². The fourth-order valence-electron chi connectivity index (χ4n) is 1.92. The van der Waals surface area contributed by atoms with E-state index < -0.39 is 0 Å². The predicted molar refractivity (Wildman–Crippen MR) is 68.4 cm³/mol. The minimum absolute atomic E-state index is 0.972. The van der Waals surface area contributed by atoms with Gasteiger partial charge in [-0.2, -0.15) is 0 Å². The molecular weight excluding hydrogens is 182 g/mol. The molecule has 0 aromatic heterocycles. The molecule has 1 nitrogen and oxygen atoms in total. The van der Waals surface area contributed by atoms with E-state index in [1.54, 1.807) is 0 Å². The topological polar surface area (TPSA) is 3.24 Å². The maximum atomic E-state index is 4.00. The van der Waals surface area contributed by atoms with Gasteiger partial charge in [-0.25, -0.2) is 0 Å². The van der Waals surface area contributed by atoms with Gasteiger partial charge in [0.05, 0.1) is 0 Å². The number of allylic oxidation sites excluding steroid dienone is 1. The Balaban J connectivity index is 3.05. The molecule has 1 aromatic rings. The second kappa shape index (κ2) is 5.01. The van der Waals surface area contributed by atoms with Crippen molar-refractivity contribution in [1.82, 2.24) is 0 Å². The predicted octanol–water partition coefficient (Wildman–Crippen LogP) is 3.92. The lowest BCUT2D eigenvalue weighted by Gasteiger charge is -2.24. The van der Waals surface area contributed by atoms with Crippen LogP contribution in [0.3, 0.4) is 0 Å². The molecular formula is C14H21N. The first kappa shape index (κ1) is 11.8. The van der Waals surface area contributed by atoms with E-state index in [-0.39, 0.29) is 0 Å². The van der Waals surface area contributed by atoms with Crippen molar-refractivity contribution in [3.8, 4) is 0 Å². The lowest BCUT2D eigenvalue weighted by molar-refractivity contribution is 0.954. The van der Waals surface area contributed by atoms with E-state index in [2.05, 4.69) is 50.4 Å². The van der Waals surface area contributed by atoms with Crippen molar-refractivity contribution in [2.45, 2.75) is 34.1 Å². The van der Waals surface area contributed by atoms with Gasteiger partial charge in [-0.1, -0.05) is 19.6 Å². The minimum Gasteiger partial charge on any atom is -0.346 e. The zero-order valence-electron chi connectivity index (χ0n) is 10.3. The quantitative estimate of drug-likeness (QED) is 0.717. The molecule has 0 bridgehead atoms. The van der Waals surface area contributed by atoms with Gasteiger partial charge in [0.25, 0.3) is 0 Å². The lowest BCUT2D eigenvalue weighted by Crippen LogP contribution is -2.19. The van der Waals surface area contributed by atoms with E-state index in [1.165, 1.54) is 16.8 Å². The molecule has 82 valence electrons. The Morgan fingerprint density at radius 1 is 1.33 bits per heavy atom. The summed E-state index contributed by atoms with van der Waals surface area (Å²) in [5.74, 6) is 0. The summed E-state index contributed by atoms with van der Waals surface area (Å²) in [7, 11) is 0. The third-order valence-electron chi connectivity index (χ3n) is 2.80. The first-order chi connectivity index (χ1) is 7.10. The molecule has 15 heavy (non-hydrogen) atoms. The maximum Gasteiger partial charge on any atom is 0.0410 e. The first-order valence-electron chi connectivity index (χ1n) is 5.62. The van der Waals surface area contributed by atoms with E-state index >= 15 is 0 Å². The van der Waals surface area contributed by atoms with Gasteiger partial charge >= 0.3 is 0 Å². The molecule has 0 saturated heterocycles. The summed E-state index contributed by atoms with van der Waals surface area (Å²) in [4.78, 5) is 2.23. The molecule has 0 atom stereocenters. The fraction of sp³-hybridized carbons (Fsp3) is 0.429. The molecule has 0 amide bonds. The monoisotopic (exact) mass is 203 g/mol. The number of aryl methyl sites for hydroxylation is 2. The Morgan fingerprint density at radius 2 is 2.00 bits per heavy atom. The van der Waals surface area contributed by atoms with Crippen LogP contribution in [0.25, 0.3) is 0 Å².